The van der Waals surface area contributed by atoms with Crippen LogP contribution in [0.5, 0.6) is 0 Å². The Hall–Kier alpha value is -1.51. The van der Waals surface area contributed by atoms with Gasteiger partial charge in [-0.15, -0.1) is 0 Å². The van der Waals surface area contributed by atoms with Crippen LogP contribution in [0.3, 0.4) is 0 Å². The van der Waals surface area contributed by atoms with Crippen LogP contribution in [-0.2, 0) is 12.8 Å². The fraction of sp³-hybridized carbons (Fsp3) is 0.600. The molecule has 0 unspecified atom stereocenters. The van der Waals surface area contributed by atoms with Crippen LogP contribution in [0.4, 0.5) is 13.2 Å². The van der Waals surface area contributed by atoms with Gasteiger partial charge in [0, 0.05) is 6.42 Å². The highest BCUT2D eigenvalue weighted by atomic mass is 19.2. The van der Waals surface area contributed by atoms with Crippen molar-refractivity contribution in [2.45, 2.75) is 84.5 Å². The summed E-state index contributed by atoms with van der Waals surface area (Å²) in [6.07, 6.45) is 9.40. The predicted molar refractivity (Wildman–Crippen MR) is 112 cm³/mol. The maximum atomic E-state index is 14.1. The Kier molecular flexibility index (Phi) is 9.34. The molecule has 156 valence electrons. The van der Waals surface area contributed by atoms with E-state index < -0.39 is 11.7 Å². The van der Waals surface area contributed by atoms with Crippen molar-refractivity contribution >= 4 is 0 Å². The van der Waals surface area contributed by atoms with E-state index in [4.69, 9.17) is 0 Å². The fourth-order valence-corrected chi connectivity index (χ4v) is 4.30. The molecule has 0 spiro atoms. The zero-order chi connectivity index (χ0) is 20.5. The molecule has 0 heterocycles. The van der Waals surface area contributed by atoms with Gasteiger partial charge < -0.3 is 0 Å². The van der Waals surface area contributed by atoms with E-state index in [0.29, 0.717) is 17.9 Å². The molecule has 0 aliphatic heterocycles. The van der Waals surface area contributed by atoms with Crippen molar-refractivity contribution < 1.29 is 13.2 Å². The summed E-state index contributed by atoms with van der Waals surface area (Å²) in [7, 11) is 0. The molecule has 1 aromatic rings. The molecule has 0 nitrogen and oxygen atoms in total. The van der Waals surface area contributed by atoms with Crippen LogP contribution in [0.2, 0.25) is 0 Å². The smallest absolute Gasteiger partial charge is 0.157 e. The van der Waals surface area contributed by atoms with Crippen molar-refractivity contribution in [3.05, 3.63) is 58.9 Å². The van der Waals surface area contributed by atoms with E-state index in [0.717, 1.165) is 68.9 Å². The zero-order valence-electron chi connectivity index (χ0n) is 17.5. The molecule has 1 aromatic carbocycles. The maximum Gasteiger partial charge on any atom is 0.157 e. The molecular formula is C25H35F3. The van der Waals surface area contributed by atoms with Gasteiger partial charge in [-0.25, -0.2) is 13.2 Å². The molecular weight excluding hydrogens is 357 g/mol. The first-order valence-electron chi connectivity index (χ1n) is 11.0. The molecule has 0 bridgehead atoms. The lowest BCUT2D eigenvalue weighted by Crippen LogP contribution is -2.16. The van der Waals surface area contributed by atoms with Crippen LogP contribution in [0, 0.1) is 17.7 Å². The van der Waals surface area contributed by atoms with E-state index in [9.17, 15) is 13.2 Å². The Labute approximate surface area is 168 Å². The number of aryl methyl sites for hydroxylation is 2. The number of hydrogen-bond donors (Lipinski definition) is 0. The van der Waals surface area contributed by atoms with Crippen molar-refractivity contribution in [1.29, 1.82) is 0 Å². The minimum Gasteiger partial charge on any atom is -0.209 e. The number of halogens is 3. The van der Waals surface area contributed by atoms with Crippen LogP contribution < -0.4 is 0 Å². The summed E-state index contributed by atoms with van der Waals surface area (Å²) in [4.78, 5) is 0. The largest absolute Gasteiger partial charge is 0.209 e. The molecule has 1 aliphatic rings. The van der Waals surface area contributed by atoms with Crippen LogP contribution in [-0.4, -0.2) is 0 Å². The zero-order valence-corrected chi connectivity index (χ0v) is 17.5. The van der Waals surface area contributed by atoms with Crippen LogP contribution in [0.1, 0.15) is 82.8 Å². The minimum atomic E-state index is -0.709. The second kappa shape index (κ2) is 11.5. The highest BCUT2D eigenvalue weighted by Crippen LogP contribution is 2.38. The molecule has 0 saturated heterocycles. The highest BCUT2D eigenvalue weighted by Gasteiger charge is 2.25. The first kappa shape index (κ1) is 22.8. The minimum absolute atomic E-state index is 0.0686. The van der Waals surface area contributed by atoms with Gasteiger partial charge in [-0.05, 0) is 86.0 Å². The monoisotopic (exact) mass is 392 g/mol. The molecule has 1 fully saturated rings. The molecule has 2 rings (SSSR count). The van der Waals surface area contributed by atoms with Crippen molar-refractivity contribution in [2.75, 3.05) is 0 Å². The number of allylic oxidation sites excluding steroid dienone is 3. The van der Waals surface area contributed by atoms with Crippen molar-refractivity contribution in [2.24, 2.45) is 11.8 Å². The van der Waals surface area contributed by atoms with Crippen molar-refractivity contribution in [3.8, 4) is 0 Å². The second-order valence-corrected chi connectivity index (χ2v) is 8.28. The van der Waals surface area contributed by atoms with E-state index in [1.165, 1.54) is 0 Å². The third kappa shape index (κ3) is 6.53. The predicted octanol–water partition coefficient (Wildman–Crippen LogP) is 8.41. The van der Waals surface area contributed by atoms with E-state index in [1.54, 1.807) is 6.07 Å². The summed E-state index contributed by atoms with van der Waals surface area (Å²) in [6, 6.07) is 5.66. The first-order chi connectivity index (χ1) is 13.5. The summed E-state index contributed by atoms with van der Waals surface area (Å²) in [5.74, 6) is -0.741. The Balaban J connectivity index is 1.75. The van der Waals surface area contributed by atoms with Gasteiger partial charge in [0.15, 0.2) is 5.83 Å². The summed E-state index contributed by atoms with van der Waals surface area (Å²) in [5.41, 5.74) is 2.23. The average molecular weight is 393 g/mol. The van der Waals surface area contributed by atoms with Gasteiger partial charge in [0.2, 0.25) is 0 Å². The van der Waals surface area contributed by atoms with E-state index in [-0.39, 0.29) is 18.2 Å². The Morgan fingerprint density at radius 3 is 2.36 bits per heavy atom. The van der Waals surface area contributed by atoms with Gasteiger partial charge in [0.25, 0.3) is 0 Å². The summed E-state index contributed by atoms with van der Waals surface area (Å²) in [6.45, 7) is 7.73. The summed E-state index contributed by atoms with van der Waals surface area (Å²) < 4.78 is 41.9. The Bertz CT molecular complexity index is 666. The van der Waals surface area contributed by atoms with Gasteiger partial charge in [0.05, 0.1) is 0 Å². The van der Waals surface area contributed by atoms with Crippen molar-refractivity contribution in [3.63, 3.8) is 0 Å². The lowest BCUT2D eigenvalue weighted by Gasteiger charge is -2.29. The number of rotatable bonds is 10. The van der Waals surface area contributed by atoms with E-state index in [1.807, 2.05) is 13.0 Å². The highest BCUT2D eigenvalue weighted by molar-refractivity contribution is 5.27. The molecule has 0 aromatic heterocycles. The van der Waals surface area contributed by atoms with Gasteiger partial charge >= 0.3 is 0 Å². The summed E-state index contributed by atoms with van der Waals surface area (Å²) in [5, 5.41) is 0. The molecule has 1 saturated carbocycles. The SMILES string of the molecule is C=C(/C(F)=C(/F)CCC)C1CCC(CCCc2ccc(CCC)c(F)c2)CC1. The lowest BCUT2D eigenvalue weighted by atomic mass is 9.76. The average Bonchev–Trinajstić information content (AvgIpc) is 2.69. The normalized spacial score (nSPS) is 20.8. The third-order valence-corrected chi connectivity index (χ3v) is 6.04. The Morgan fingerprint density at radius 1 is 1.04 bits per heavy atom. The van der Waals surface area contributed by atoms with E-state index in [2.05, 4.69) is 19.6 Å². The quantitative estimate of drug-likeness (QED) is 0.351. The number of benzene rings is 1. The fourth-order valence-electron chi connectivity index (χ4n) is 4.30. The van der Waals surface area contributed by atoms with Gasteiger partial charge in [-0.2, -0.15) is 0 Å². The molecule has 0 amide bonds. The standard InChI is InChI=1S/C25H35F3/c1-4-7-22-16-13-20(17-24(22)27)10-6-9-19-11-14-21(15-12-19)18(3)25(28)23(26)8-5-2/h13,16-17,19,21H,3-12,14-15H2,1-2H3/b25-23-. The van der Waals surface area contributed by atoms with Gasteiger partial charge in [-0.3, -0.25) is 0 Å². The molecule has 0 N–H and O–H groups in total. The van der Waals surface area contributed by atoms with Crippen LogP contribution in [0.15, 0.2) is 42.0 Å². The molecule has 0 radical (unpaired) electrons. The first-order valence-corrected chi connectivity index (χ1v) is 11.0. The maximum absolute atomic E-state index is 14.1. The Morgan fingerprint density at radius 2 is 1.75 bits per heavy atom. The van der Waals surface area contributed by atoms with Crippen LogP contribution >= 0.6 is 0 Å². The lowest BCUT2D eigenvalue weighted by molar-refractivity contribution is 0.281. The molecule has 3 heteroatoms. The van der Waals surface area contributed by atoms with Crippen LogP contribution in [0.25, 0.3) is 0 Å². The summed E-state index contributed by atoms with van der Waals surface area (Å²) >= 11 is 0. The van der Waals surface area contributed by atoms with Crippen molar-refractivity contribution in [1.82, 2.24) is 0 Å². The molecule has 28 heavy (non-hydrogen) atoms. The second-order valence-electron chi connectivity index (χ2n) is 8.28. The molecule has 1 aliphatic carbocycles. The number of hydrogen-bond acceptors (Lipinski definition) is 0. The van der Waals surface area contributed by atoms with E-state index >= 15 is 0 Å². The molecule has 0 atom stereocenters. The third-order valence-electron chi connectivity index (χ3n) is 6.04. The topological polar surface area (TPSA) is 0 Å². The van der Waals surface area contributed by atoms with Gasteiger partial charge in [0.1, 0.15) is 11.6 Å². The van der Waals surface area contributed by atoms with Gasteiger partial charge in [-0.1, -0.05) is 45.4 Å².